The number of carbonyl (C=O) groups excluding carboxylic acids is 1. The Labute approximate surface area is 89.6 Å². The molecule has 0 saturated carbocycles. The van der Waals surface area contributed by atoms with Crippen LogP contribution >= 0.6 is 0 Å². The second-order valence-electron chi connectivity index (χ2n) is 2.34. The van der Waals surface area contributed by atoms with Crippen molar-refractivity contribution in [1.82, 2.24) is 15.0 Å². The zero-order valence-electron chi connectivity index (χ0n) is 7.99. The first kappa shape index (κ1) is 11.6. The topological polar surface area (TPSA) is 112 Å². The van der Waals surface area contributed by atoms with E-state index in [9.17, 15) is 9.59 Å². The summed E-state index contributed by atoms with van der Waals surface area (Å²) in [5.41, 5.74) is 0. The summed E-state index contributed by atoms with van der Waals surface area (Å²) in [5.74, 6) is -1.97. The number of ether oxygens (including phenoxy) is 2. The molecule has 0 aliphatic carbocycles. The average molecular weight is 225 g/mol. The summed E-state index contributed by atoms with van der Waals surface area (Å²) in [6.07, 6.45) is 1.42. The lowest BCUT2D eigenvalue weighted by atomic mass is 10.6. The lowest BCUT2D eigenvalue weighted by Crippen LogP contribution is -2.10. The van der Waals surface area contributed by atoms with Crippen LogP contribution in [0.25, 0.3) is 0 Å². The van der Waals surface area contributed by atoms with E-state index in [-0.39, 0.29) is 19.1 Å². The minimum atomic E-state index is -1.39. The smallest absolute Gasteiger partial charge is 0.374 e. The van der Waals surface area contributed by atoms with E-state index >= 15 is 0 Å². The van der Waals surface area contributed by atoms with Crippen molar-refractivity contribution in [1.29, 1.82) is 0 Å². The Bertz CT molecular complexity index is 420. The molecule has 1 aromatic rings. The molecule has 1 heterocycles. The molecule has 0 unspecified atom stereocenters. The number of carbonyl (C=O) groups is 2. The van der Waals surface area contributed by atoms with Crippen molar-refractivity contribution < 1.29 is 24.2 Å². The predicted octanol–water partition coefficient (Wildman–Crippen LogP) is -0.330. The largest absolute Gasteiger partial charge is 0.475 e. The average Bonchev–Trinajstić information content (AvgIpc) is 2.26. The Kier molecular flexibility index (Phi) is 3.90. The van der Waals surface area contributed by atoms with Gasteiger partial charge in [-0.2, -0.15) is 9.97 Å². The molecule has 8 nitrogen and oxygen atoms in total. The van der Waals surface area contributed by atoms with Crippen LogP contribution in [0.4, 0.5) is 0 Å². The Morgan fingerprint density at radius 1 is 1.38 bits per heavy atom. The summed E-state index contributed by atoms with van der Waals surface area (Å²) in [7, 11) is 0. The number of carboxylic acids is 1. The minimum Gasteiger partial charge on any atom is -0.475 e. The van der Waals surface area contributed by atoms with Gasteiger partial charge in [0.15, 0.2) is 0 Å². The van der Waals surface area contributed by atoms with Crippen molar-refractivity contribution in [2.45, 2.75) is 0 Å². The summed E-state index contributed by atoms with van der Waals surface area (Å²) >= 11 is 0. The Morgan fingerprint density at radius 2 is 2.06 bits per heavy atom. The number of aromatic nitrogens is 3. The fraction of sp³-hybridized carbons (Fsp3) is 0.125. The fourth-order valence-corrected chi connectivity index (χ4v) is 0.727. The fourth-order valence-electron chi connectivity index (χ4n) is 0.727. The van der Waals surface area contributed by atoms with Crippen LogP contribution in [0.5, 0.6) is 12.0 Å². The molecule has 1 rings (SSSR count). The van der Waals surface area contributed by atoms with Crippen LogP contribution in [0, 0.1) is 0 Å². The molecule has 0 saturated heterocycles. The molecule has 0 amide bonds. The van der Waals surface area contributed by atoms with Crippen LogP contribution in [0.3, 0.4) is 0 Å². The van der Waals surface area contributed by atoms with Gasteiger partial charge in [0.25, 0.3) is 0 Å². The van der Waals surface area contributed by atoms with Gasteiger partial charge in [0.2, 0.25) is 5.82 Å². The third kappa shape index (κ3) is 3.01. The van der Waals surface area contributed by atoms with E-state index < -0.39 is 17.8 Å². The molecular weight excluding hydrogens is 218 g/mol. The Hall–Kier alpha value is -2.51. The van der Waals surface area contributed by atoms with Gasteiger partial charge in [-0.3, -0.25) is 4.79 Å². The molecule has 0 spiro atoms. The highest BCUT2D eigenvalue weighted by Gasteiger charge is 2.13. The number of hydrogen-bond donors (Lipinski definition) is 1. The van der Waals surface area contributed by atoms with Gasteiger partial charge in [0.05, 0.1) is 0 Å². The lowest BCUT2D eigenvalue weighted by Gasteiger charge is -2.02. The molecule has 1 aromatic heterocycles. The maximum absolute atomic E-state index is 10.6. The van der Waals surface area contributed by atoms with E-state index in [2.05, 4.69) is 26.3 Å². The first-order valence-electron chi connectivity index (χ1n) is 4.00. The maximum Gasteiger partial charge on any atom is 0.374 e. The van der Waals surface area contributed by atoms with Gasteiger partial charge in [-0.05, 0) is 0 Å². The third-order valence-corrected chi connectivity index (χ3v) is 1.27. The van der Waals surface area contributed by atoms with Crippen molar-refractivity contribution >= 4 is 12.4 Å². The van der Waals surface area contributed by atoms with Gasteiger partial charge in [0, 0.05) is 0 Å². The summed E-state index contributed by atoms with van der Waals surface area (Å²) in [5, 5.41) is 8.65. The van der Waals surface area contributed by atoms with Crippen molar-refractivity contribution in [3.05, 3.63) is 18.5 Å². The van der Waals surface area contributed by atoms with Crippen LogP contribution in [-0.2, 0) is 4.79 Å². The van der Waals surface area contributed by atoms with Gasteiger partial charge in [-0.25, -0.2) is 4.79 Å². The molecule has 0 bridgehead atoms. The molecule has 1 N–H and O–H groups in total. The van der Waals surface area contributed by atoms with Crippen LogP contribution in [-0.4, -0.2) is 39.1 Å². The van der Waals surface area contributed by atoms with Gasteiger partial charge in [-0.1, -0.05) is 12.7 Å². The van der Waals surface area contributed by atoms with Crippen molar-refractivity contribution in [3.8, 4) is 12.0 Å². The predicted molar refractivity (Wildman–Crippen MR) is 49.2 cm³/mol. The highest BCUT2D eigenvalue weighted by Crippen LogP contribution is 2.09. The van der Waals surface area contributed by atoms with Gasteiger partial charge in [0.1, 0.15) is 6.61 Å². The zero-order chi connectivity index (χ0) is 12.0. The number of carboxylic acid groups (broad SMARTS) is 1. The molecule has 8 heteroatoms. The molecule has 84 valence electrons. The van der Waals surface area contributed by atoms with Crippen molar-refractivity contribution in [3.63, 3.8) is 0 Å². The van der Waals surface area contributed by atoms with E-state index in [1.54, 1.807) is 0 Å². The molecule has 0 aliphatic heterocycles. The zero-order valence-corrected chi connectivity index (χ0v) is 7.99. The van der Waals surface area contributed by atoms with E-state index in [0.29, 0.717) is 0 Å². The highest BCUT2D eigenvalue weighted by atomic mass is 16.5. The van der Waals surface area contributed by atoms with Crippen LogP contribution < -0.4 is 9.47 Å². The van der Waals surface area contributed by atoms with Gasteiger partial charge >= 0.3 is 24.5 Å². The third-order valence-electron chi connectivity index (χ3n) is 1.27. The SMILES string of the molecule is C=CCOc1nc(OC=O)nc(C(=O)O)n1. The summed E-state index contributed by atoms with van der Waals surface area (Å²) in [4.78, 5) is 31.0. The molecule has 0 fully saturated rings. The molecule has 0 aliphatic rings. The number of hydrogen-bond acceptors (Lipinski definition) is 7. The molecule has 0 radical (unpaired) electrons. The van der Waals surface area contributed by atoms with E-state index in [4.69, 9.17) is 9.84 Å². The quantitative estimate of drug-likeness (QED) is 0.517. The van der Waals surface area contributed by atoms with Gasteiger partial charge in [-0.15, -0.1) is 4.98 Å². The maximum atomic E-state index is 10.6. The van der Waals surface area contributed by atoms with Crippen LogP contribution in [0.1, 0.15) is 10.6 Å². The van der Waals surface area contributed by atoms with E-state index in [1.807, 2.05) is 0 Å². The standard InChI is InChI=1S/C8H7N3O5/c1-2-3-15-7-9-5(6(13)14)10-8(11-7)16-4-12/h2,4H,1,3H2,(H,13,14). The Balaban J connectivity index is 3.02. The number of nitrogens with zero attached hydrogens (tertiary/aromatic N) is 3. The van der Waals surface area contributed by atoms with Crippen LogP contribution in [0.2, 0.25) is 0 Å². The van der Waals surface area contributed by atoms with E-state index in [1.165, 1.54) is 6.08 Å². The van der Waals surface area contributed by atoms with Crippen molar-refractivity contribution in [2.75, 3.05) is 6.61 Å². The first-order chi connectivity index (χ1) is 7.67. The van der Waals surface area contributed by atoms with E-state index in [0.717, 1.165) is 0 Å². The Morgan fingerprint density at radius 3 is 2.62 bits per heavy atom. The number of rotatable bonds is 6. The summed E-state index contributed by atoms with van der Waals surface area (Å²) < 4.78 is 9.20. The van der Waals surface area contributed by atoms with Gasteiger partial charge < -0.3 is 14.6 Å². The molecule has 0 atom stereocenters. The first-order valence-corrected chi connectivity index (χ1v) is 4.00. The van der Waals surface area contributed by atoms with Crippen LogP contribution in [0.15, 0.2) is 12.7 Å². The monoisotopic (exact) mass is 225 g/mol. The second kappa shape index (κ2) is 5.39. The minimum absolute atomic E-state index is 0.0677. The second-order valence-corrected chi connectivity index (χ2v) is 2.34. The molecule has 0 aromatic carbocycles. The summed E-state index contributed by atoms with van der Waals surface area (Å²) in [6, 6.07) is -0.703. The molecular formula is C8H7N3O5. The number of aromatic carboxylic acids is 1. The lowest BCUT2D eigenvalue weighted by molar-refractivity contribution is -0.121. The summed E-state index contributed by atoms with van der Waals surface area (Å²) in [6.45, 7) is 3.55. The normalized spacial score (nSPS) is 9.25. The molecule has 16 heavy (non-hydrogen) atoms. The van der Waals surface area contributed by atoms with Crippen molar-refractivity contribution in [2.24, 2.45) is 0 Å². The highest BCUT2D eigenvalue weighted by molar-refractivity contribution is 5.83.